The van der Waals surface area contributed by atoms with Gasteiger partial charge >= 0.3 is 0 Å². The van der Waals surface area contributed by atoms with Crippen molar-refractivity contribution in [3.05, 3.63) is 76.7 Å². The number of carbonyl (C=O) groups is 1. The van der Waals surface area contributed by atoms with E-state index < -0.39 is 0 Å². The molecule has 4 nitrogen and oxygen atoms in total. The maximum absolute atomic E-state index is 12.9. The monoisotopic (exact) mass is 363 g/mol. The highest BCUT2D eigenvalue weighted by molar-refractivity contribution is 6.30. The van der Waals surface area contributed by atoms with Gasteiger partial charge in [0.15, 0.2) is 5.69 Å². The van der Waals surface area contributed by atoms with Crippen LogP contribution in [0.4, 0.5) is 5.69 Å². The van der Waals surface area contributed by atoms with E-state index in [1.807, 2.05) is 30.3 Å². The number of hydrogen-bond acceptors (Lipinski definition) is 3. The van der Waals surface area contributed by atoms with Gasteiger partial charge in [-0.2, -0.15) is 0 Å². The summed E-state index contributed by atoms with van der Waals surface area (Å²) in [7, 11) is 0. The number of carbonyl (C=O) groups excluding carboxylic acids is 1. The molecule has 1 amide bonds. The van der Waals surface area contributed by atoms with E-state index in [4.69, 9.17) is 21.6 Å². The van der Waals surface area contributed by atoms with Crippen LogP contribution in [0.3, 0.4) is 0 Å². The molecule has 1 aliphatic rings. The fourth-order valence-corrected chi connectivity index (χ4v) is 3.30. The van der Waals surface area contributed by atoms with Crippen LogP contribution in [0.25, 0.3) is 11.3 Å². The number of benzene rings is 2. The molecule has 130 valence electrons. The van der Waals surface area contributed by atoms with E-state index >= 15 is 0 Å². The first kappa shape index (κ1) is 16.7. The first-order valence-electron chi connectivity index (χ1n) is 8.73. The van der Waals surface area contributed by atoms with E-state index in [1.54, 1.807) is 24.3 Å². The van der Waals surface area contributed by atoms with Gasteiger partial charge < -0.3 is 5.32 Å². The Kier molecular flexibility index (Phi) is 4.67. The summed E-state index contributed by atoms with van der Waals surface area (Å²) in [5.41, 5.74) is 4.53. The largest absolute Gasteiger partial charge is 0.321 e. The van der Waals surface area contributed by atoms with Gasteiger partial charge in [-0.25, -0.2) is 9.97 Å². The van der Waals surface area contributed by atoms with Gasteiger partial charge in [-0.05, 0) is 49.9 Å². The fourth-order valence-electron chi connectivity index (χ4n) is 3.17. The molecule has 3 aromatic rings. The molecule has 5 heteroatoms. The first-order valence-corrected chi connectivity index (χ1v) is 9.10. The van der Waals surface area contributed by atoms with E-state index in [0.29, 0.717) is 22.1 Å². The Morgan fingerprint density at radius 1 is 0.885 bits per heavy atom. The lowest BCUT2D eigenvalue weighted by Gasteiger charge is -2.17. The number of aryl methyl sites for hydroxylation is 2. The SMILES string of the molecule is O=C(Nc1ccc(Cl)cc1)c1nc2c(nc1-c1ccccc1)CCCC2. The van der Waals surface area contributed by atoms with Crippen molar-refractivity contribution in [2.75, 3.05) is 5.32 Å². The highest BCUT2D eigenvalue weighted by Crippen LogP contribution is 2.26. The first-order chi connectivity index (χ1) is 12.7. The van der Waals surface area contributed by atoms with Crippen LogP contribution >= 0.6 is 11.6 Å². The Labute approximate surface area is 157 Å². The minimum absolute atomic E-state index is 0.257. The van der Waals surface area contributed by atoms with Gasteiger partial charge in [-0.15, -0.1) is 0 Å². The van der Waals surface area contributed by atoms with Crippen LogP contribution in [0.1, 0.15) is 34.7 Å². The lowest BCUT2D eigenvalue weighted by molar-refractivity contribution is 0.102. The molecule has 0 atom stereocenters. The number of hydrogen-bond donors (Lipinski definition) is 1. The Bertz CT molecular complexity index is 939. The van der Waals surface area contributed by atoms with Crippen molar-refractivity contribution in [2.24, 2.45) is 0 Å². The van der Waals surface area contributed by atoms with E-state index in [-0.39, 0.29) is 5.91 Å². The zero-order chi connectivity index (χ0) is 17.9. The van der Waals surface area contributed by atoms with Crippen LogP contribution in [-0.2, 0) is 12.8 Å². The third-order valence-corrected chi connectivity index (χ3v) is 4.74. The number of nitrogens with zero attached hydrogens (tertiary/aromatic N) is 2. The topological polar surface area (TPSA) is 54.9 Å². The minimum Gasteiger partial charge on any atom is -0.321 e. The van der Waals surface area contributed by atoms with Crippen molar-refractivity contribution >= 4 is 23.2 Å². The average molecular weight is 364 g/mol. The molecule has 0 aliphatic heterocycles. The summed E-state index contributed by atoms with van der Waals surface area (Å²) in [5.74, 6) is -0.257. The van der Waals surface area contributed by atoms with Gasteiger partial charge in [0.1, 0.15) is 5.69 Å². The standard InChI is InChI=1S/C21H18ClN3O/c22-15-10-12-16(13-11-15)23-21(26)20-19(14-6-2-1-3-7-14)24-17-8-4-5-9-18(17)25-20/h1-3,6-7,10-13H,4-5,8-9H2,(H,23,26). The quantitative estimate of drug-likeness (QED) is 0.718. The number of aromatic nitrogens is 2. The molecule has 0 spiro atoms. The van der Waals surface area contributed by atoms with Crippen molar-refractivity contribution in [3.63, 3.8) is 0 Å². The Balaban J connectivity index is 1.75. The Morgan fingerprint density at radius 3 is 2.23 bits per heavy atom. The number of fused-ring (bicyclic) bond motifs is 1. The second-order valence-electron chi connectivity index (χ2n) is 6.35. The zero-order valence-corrected chi connectivity index (χ0v) is 15.0. The maximum Gasteiger partial charge on any atom is 0.276 e. The van der Waals surface area contributed by atoms with Crippen LogP contribution in [0.15, 0.2) is 54.6 Å². The Hall–Kier alpha value is -2.72. The molecule has 2 aromatic carbocycles. The fraction of sp³-hybridized carbons (Fsp3) is 0.190. The molecular weight excluding hydrogens is 346 g/mol. The number of amides is 1. The molecule has 0 saturated heterocycles. The van der Waals surface area contributed by atoms with E-state index in [2.05, 4.69) is 5.32 Å². The molecule has 1 aromatic heterocycles. The maximum atomic E-state index is 12.9. The van der Waals surface area contributed by atoms with E-state index in [9.17, 15) is 4.79 Å². The molecule has 0 fully saturated rings. The third kappa shape index (κ3) is 3.46. The predicted octanol–water partition coefficient (Wildman–Crippen LogP) is 4.93. The normalized spacial score (nSPS) is 13.1. The summed E-state index contributed by atoms with van der Waals surface area (Å²) < 4.78 is 0. The summed E-state index contributed by atoms with van der Waals surface area (Å²) in [6.07, 6.45) is 4.00. The summed E-state index contributed by atoms with van der Waals surface area (Å²) in [6, 6.07) is 16.8. The van der Waals surface area contributed by atoms with Gasteiger partial charge in [-0.3, -0.25) is 4.79 Å². The molecule has 0 radical (unpaired) electrons. The lowest BCUT2D eigenvalue weighted by Crippen LogP contribution is -2.19. The van der Waals surface area contributed by atoms with Crippen LogP contribution < -0.4 is 5.32 Å². The van der Waals surface area contributed by atoms with E-state index in [1.165, 1.54) is 0 Å². The predicted molar refractivity (Wildman–Crippen MR) is 104 cm³/mol. The highest BCUT2D eigenvalue weighted by Gasteiger charge is 2.22. The van der Waals surface area contributed by atoms with Crippen LogP contribution in [0.5, 0.6) is 0 Å². The van der Waals surface area contributed by atoms with E-state index in [0.717, 1.165) is 42.6 Å². The van der Waals surface area contributed by atoms with Crippen molar-refractivity contribution in [2.45, 2.75) is 25.7 Å². The summed E-state index contributed by atoms with van der Waals surface area (Å²) >= 11 is 5.91. The van der Waals surface area contributed by atoms with Crippen LogP contribution in [0, 0.1) is 0 Å². The van der Waals surface area contributed by atoms with Crippen molar-refractivity contribution in [1.82, 2.24) is 9.97 Å². The molecule has 1 N–H and O–H groups in total. The smallest absolute Gasteiger partial charge is 0.276 e. The Morgan fingerprint density at radius 2 is 1.54 bits per heavy atom. The van der Waals surface area contributed by atoms with Crippen molar-refractivity contribution in [3.8, 4) is 11.3 Å². The number of nitrogens with one attached hydrogen (secondary N) is 1. The van der Waals surface area contributed by atoms with Gasteiger partial charge in [0.25, 0.3) is 5.91 Å². The summed E-state index contributed by atoms with van der Waals surface area (Å²) in [4.78, 5) is 22.5. The molecule has 0 saturated carbocycles. The third-order valence-electron chi connectivity index (χ3n) is 4.49. The second-order valence-corrected chi connectivity index (χ2v) is 6.78. The van der Waals surface area contributed by atoms with Gasteiger partial charge in [0, 0.05) is 16.3 Å². The minimum atomic E-state index is -0.257. The zero-order valence-electron chi connectivity index (χ0n) is 14.2. The van der Waals surface area contributed by atoms with Crippen LogP contribution in [-0.4, -0.2) is 15.9 Å². The highest BCUT2D eigenvalue weighted by atomic mass is 35.5. The van der Waals surface area contributed by atoms with Gasteiger partial charge in [0.2, 0.25) is 0 Å². The molecule has 4 rings (SSSR count). The summed E-state index contributed by atoms with van der Waals surface area (Å²) in [6.45, 7) is 0. The van der Waals surface area contributed by atoms with Gasteiger partial charge in [0.05, 0.1) is 11.4 Å². The van der Waals surface area contributed by atoms with Crippen molar-refractivity contribution < 1.29 is 4.79 Å². The lowest BCUT2D eigenvalue weighted by atomic mass is 9.99. The second kappa shape index (κ2) is 7.26. The number of anilines is 1. The molecule has 0 unspecified atom stereocenters. The molecular formula is C21H18ClN3O. The summed E-state index contributed by atoms with van der Waals surface area (Å²) in [5, 5.41) is 3.53. The molecule has 1 heterocycles. The van der Waals surface area contributed by atoms with Crippen molar-refractivity contribution in [1.29, 1.82) is 0 Å². The molecule has 1 aliphatic carbocycles. The number of rotatable bonds is 3. The number of halogens is 1. The molecule has 0 bridgehead atoms. The molecule has 26 heavy (non-hydrogen) atoms. The van der Waals surface area contributed by atoms with Gasteiger partial charge in [-0.1, -0.05) is 41.9 Å². The van der Waals surface area contributed by atoms with Crippen LogP contribution in [0.2, 0.25) is 5.02 Å². The average Bonchev–Trinajstić information content (AvgIpc) is 2.69.